The monoisotopic (exact) mass is 409 g/mol. The minimum absolute atomic E-state index is 0.104. The third-order valence-corrected chi connectivity index (χ3v) is 6.41. The summed E-state index contributed by atoms with van der Waals surface area (Å²) < 4.78 is 0. The zero-order chi connectivity index (χ0) is 20.2. The van der Waals surface area contributed by atoms with Gasteiger partial charge < -0.3 is 15.1 Å². The van der Waals surface area contributed by atoms with Crippen molar-refractivity contribution in [2.24, 2.45) is 0 Å². The van der Waals surface area contributed by atoms with Gasteiger partial charge in [-0.05, 0) is 30.5 Å². The number of benzene rings is 2. The molecule has 2 heterocycles. The Balaban J connectivity index is 1.50. The number of rotatable bonds is 5. The topological polar surface area (TPSA) is 69.7 Å². The first-order valence-electron chi connectivity index (χ1n) is 9.80. The van der Waals surface area contributed by atoms with Crippen molar-refractivity contribution in [2.75, 3.05) is 24.5 Å². The maximum absolute atomic E-state index is 13.2. The van der Waals surface area contributed by atoms with Crippen molar-refractivity contribution in [2.45, 2.75) is 29.5 Å². The first-order chi connectivity index (χ1) is 14.1. The van der Waals surface area contributed by atoms with Gasteiger partial charge in [0.1, 0.15) is 6.54 Å². The molecule has 6 nitrogen and oxygen atoms in total. The Kier molecular flexibility index (Phi) is 5.85. The van der Waals surface area contributed by atoms with Crippen molar-refractivity contribution in [1.82, 2.24) is 10.2 Å². The van der Waals surface area contributed by atoms with E-state index in [9.17, 15) is 14.4 Å². The number of amides is 3. The van der Waals surface area contributed by atoms with Gasteiger partial charge in [-0.25, -0.2) is 0 Å². The van der Waals surface area contributed by atoms with Crippen LogP contribution in [0.4, 0.5) is 5.69 Å². The van der Waals surface area contributed by atoms with Crippen LogP contribution in [-0.4, -0.2) is 47.5 Å². The summed E-state index contributed by atoms with van der Waals surface area (Å²) in [6.45, 7) is 1.69. The Hall–Kier alpha value is -2.80. The fourth-order valence-electron chi connectivity index (χ4n) is 3.64. The largest absolute Gasteiger partial charge is 0.350 e. The van der Waals surface area contributed by atoms with Crippen LogP contribution in [0.2, 0.25) is 0 Å². The molecule has 1 N–H and O–H groups in total. The maximum atomic E-state index is 13.2. The lowest BCUT2D eigenvalue weighted by Gasteiger charge is -2.34. The lowest BCUT2D eigenvalue weighted by atomic mass is 10.2. The van der Waals surface area contributed by atoms with Gasteiger partial charge in [0.25, 0.3) is 5.91 Å². The molecule has 2 aliphatic rings. The molecule has 0 aliphatic carbocycles. The summed E-state index contributed by atoms with van der Waals surface area (Å²) >= 11 is 1.29. The number of carbonyl (C=O) groups excluding carboxylic acids is 3. The van der Waals surface area contributed by atoms with E-state index in [0.29, 0.717) is 25.3 Å². The number of fused-ring (bicyclic) bond motifs is 1. The molecular weight excluding hydrogens is 386 g/mol. The Bertz CT molecular complexity index is 913. The van der Waals surface area contributed by atoms with Gasteiger partial charge in [0.05, 0.1) is 5.69 Å². The Labute approximate surface area is 174 Å². The molecule has 0 spiro atoms. The van der Waals surface area contributed by atoms with E-state index in [4.69, 9.17) is 0 Å². The van der Waals surface area contributed by atoms with Gasteiger partial charge in [-0.15, -0.1) is 11.8 Å². The molecule has 0 saturated carbocycles. The van der Waals surface area contributed by atoms with Crippen molar-refractivity contribution in [1.29, 1.82) is 0 Å². The molecule has 7 heteroatoms. The van der Waals surface area contributed by atoms with Gasteiger partial charge in [-0.1, -0.05) is 42.5 Å². The number of hydrogen-bond donors (Lipinski definition) is 1. The van der Waals surface area contributed by atoms with Crippen LogP contribution < -0.4 is 10.2 Å². The molecule has 3 amide bonds. The van der Waals surface area contributed by atoms with E-state index in [1.54, 1.807) is 4.90 Å². The fraction of sp³-hybridized carbons (Fsp3) is 0.318. The van der Waals surface area contributed by atoms with Crippen LogP contribution in [0, 0.1) is 0 Å². The normalized spacial score (nSPS) is 18.5. The van der Waals surface area contributed by atoms with Crippen LogP contribution in [0.25, 0.3) is 0 Å². The molecule has 2 aromatic carbocycles. The molecule has 1 unspecified atom stereocenters. The molecule has 0 radical (unpaired) electrons. The Morgan fingerprint density at radius 3 is 2.45 bits per heavy atom. The van der Waals surface area contributed by atoms with Gasteiger partial charge in [-0.3, -0.25) is 14.4 Å². The lowest BCUT2D eigenvalue weighted by molar-refractivity contribution is -0.134. The van der Waals surface area contributed by atoms with Crippen LogP contribution in [0.5, 0.6) is 0 Å². The van der Waals surface area contributed by atoms with Gasteiger partial charge in [0.2, 0.25) is 11.8 Å². The van der Waals surface area contributed by atoms with Gasteiger partial charge in [-0.2, -0.15) is 0 Å². The highest BCUT2D eigenvalue weighted by Gasteiger charge is 2.41. The van der Waals surface area contributed by atoms with Gasteiger partial charge in [0.15, 0.2) is 5.25 Å². The van der Waals surface area contributed by atoms with E-state index in [0.717, 1.165) is 23.3 Å². The van der Waals surface area contributed by atoms with E-state index in [1.807, 2.05) is 54.6 Å². The predicted molar refractivity (Wildman–Crippen MR) is 113 cm³/mol. The van der Waals surface area contributed by atoms with E-state index in [-0.39, 0.29) is 24.3 Å². The second-order valence-electron chi connectivity index (χ2n) is 7.18. The number of carbonyl (C=O) groups is 3. The van der Waals surface area contributed by atoms with Crippen LogP contribution in [0.15, 0.2) is 59.5 Å². The Morgan fingerprint density at radius 1 is 1.00 bits per heavy atom. The number of likely N-dealkylation sites (tertiary alicyclic amines) is 1. The SMILES string of the molecule is O=C(CN1C(=O)C(C(=O)N2CCCC2)Sc2ccccc21)NCc1ccccc1. The Morgan fingerprint density at radius 2 is 1.69 bits per heavy atom. The van der Waals surface area contributed by atoms with Crippen molar-refractivity contribution in [3.05, 3.63) is 60.2 Å². The van der Waals surface area contributed by atoms with E-state index in [2.05, 4.69) is 5.32 Å². The molecule has 4 rings (SSSR count). The first-order valence-corrected chi connectivity index (χ1v) is 10.7. The zero-order valence-electron chi connectivity index (χ0n) is 16.0. The average Bonchev–Trinajstić information content (AvgIpc) is 3.29. The quantitative estimate of drug-likeness (QED) is 0.770. The van der Waals surface area contributed by atoms with E-state index >= 15 is 0 Å². The van der Waals surface area contributed by atoms with Crippen molar-refractivity contribution in [3.63, 3.8) is 0 Å². The minimum atomic E-state index is -0.829. The van der Waals surface area contributed by atoms with Crippen molar-refractivity contribution >= 4 is 35.2 Å². The van der Waals surface area contributed by atoms with Gasteiger partial charge >= 0.3 is 0 Å². The molecule has 1 saturated heterocycles. The summed E-state index contributed by atoms with van der Waals surface area (Å²) in [6, 6.07) is 17.1. The van der Waals surface area contributed by atoms with Gasteiger partial charge in [0, 0.05) is 24.5 Å². The van der Waals surface area contributed by atoms with Crippen LogP contribution in [-0.2, 0) is 20.9 Å². The predicted octanol–water partition coefficient (Wildman–Crippen LogP) is 2.43. The lowest BCUT2D eigenvalue weighted by Crippen LogP contribution is -2.51. The van der Waals surface area contributed by atoms with Crippen LogP contribution in [0.1, 0.15) is 18.4 Å². The smallest absolute Gasteiger partial charge is 0.250 e. The number of hydrogen-bond acceptors (Lipinski definition) is 4. The highest BCUT2D eigenvalue weighted by Crippen LogP contribution is 2.39. The third kappa shape index (κ3) is 4.29. The summed E-state index contributed by atoms with van der Waals surface area (Å²) in [5, 5.41) is 2.03. The molecule has 29 heavy (non-hydrogen) atoms. The summed E-state index contributed by atoms with van der Waals surface area (Å²) in [6.07, 6.45) is 1.94. The maximum Gasteiger partial charge on any atom is 0.250 e. The molecule has 0 bridgehead atoms. The van der Waals surface area contributed by atoms with E-state index in [1.165, 1.54) is 16.7 Å². The van der Waals surface area contributed by atoms with Crippen molar-refractivity contribution in [3.8, 4) is 0 Å². The highest BCUT2D eigenvalue weighted by molar-refractivity contribution is 8.01. The van der Waals surface area contributed by atoms with Crippen LogP contribution in [0.3, 0.4) is 0 Å². The number of thioether (sulfide) groups is 1. The number of para-hydroxylation sites is 1. The van der Waals surface area contributed by atoms with Crippen molar-refractivity contribution < 1.29 is 14.4 Å². The number of nitrogens with one attached hydrogen (secondary N) is 1. The average molecular weight is 410 g/mol. The zero-order valence-corrected chi connectivity index (χ0v) is 16.9. The second kappa shape index (κ2) is 8.69. The third-order valence-electron chi connectivity index (χ3n) is 5.17. The molecule has 0 aromatic heterocycles. The number of nitrogens with zero attached hydrogens (tertiary/aromatic N) is 2. The fourth-order valence-corrected chi connectivity index (χ4v) is 4.82. The number of anilines is 1. The molecule has 2 aromatic rings. The summed E-state index contributed by atoms with van der Waals surface area (Å²) in [4.78, 5) is 42.7. The molecule has 150 valence electrons. The minimum Gasteiger partial charge on any atom is -0.350 e. The highest BCUT2D eigenvalue weighted by atomic mass is 32.2. The molecule has 1 atom stereocenters. The first kappa shape index (κ1) is 19.5. The molecular formula is C22H23N3O3S. The summed E-state index contributed by atoms with van der Waals surface area (Å²) in [7, 11) is 0. The second-order valence-corrected chi connectivity index (χ2v) is 8.33. The van der Waals surface area contributed by atoms with Crippen LogP contribution >= 0.6 is 11.8 Å². The van der Waals surface area contributed by atoms with E-state index < -0.39 is 5.25 Å². The molecule has 2 aliphatic heterocycles. The summed E-state index contributed by atoms with van der Waals surface area (Å²) in [5.41, 5.74) is 1.67. The standard InChI is InChI=1S/C22H23N3O3S/c26-19(23-14-16-8-2-1-3-9-16)15-25-17-10-4-5-11-18(17)29-20(22(25)28)21(27)24-12-6-7-13-24/h1-5,8-11,20H,6-7,12-15H2,(H,23,26). The summed E-state index contributed by atoms with van der Waals surface area (Å²) in [5.74, 6) is -0.724. The molecule has 1 fully saturated rings.